The molecule has 1 aromatic rings. The molecule has 1 saturated carbocycles. The molecule has 1 fully saturated rings. The average Bonchev–Trinajstić information content (AvgIpc) is 2.93. The number of benzene rings is 1. The number of ketones is 1. The molecule has 5 heteroatoms. The summed E-state index contributed by atoms with van der Waals surface area (Å²) >= 11 is 0. The van der Waals surface area contributed by atoms with Gasteiger partial charge in [0.2, 0.25) is 0 Å². The van der Waals surface area contributed by atoms with Gasteiger partial charge in [0.05, 0.1) is 12.2 Å². The van der Waals surface area contributed by atoms with Crippen molar-refractivity contribution in [2.45, 2.75) is 95.9 Å². The van der Waals surface area contributed by atoms with Crippen LogP contribution in [0.3, 0.4) is 0 Å². The van der Waals surface area contributed by atoms with E-state index in [-0.39, 0.29) is 23.4 Å². The number of rotatable bonds is 13. The lowest BCUT2D eigenvalue weighted by atomic mass is 9.84. The molecule has 0 bridgehead atoms. The second kappa shape index (κ2) is 12.4. The van der Waals surface area contributed by atoms with Gasteiger partial charge in [-0.05, 0) is 81.4 Å². The van der Waals surface area contributed by atoms with Crippen molar-refractivity contribution in [3.8, 4) is 0 Å². The van der Waals surface area contributed by atoms with Gasteiger partial charge in [-0.2, -0.15) is 0 Å². The summed E-state index contributed by atoms with van der Waals surface area (Å²) in [6.07, 6.45) is 5.41. The lowest BCUT2D eigenvalue weighted by molar-refractivity contribution is -0.117. The molecule has 0 spiro atoms. The van der Waals surface area contributed by atoms with E-state index in [0.29, 0.717) is 38.5 Å². The second-order valence-electron chi connectivity index (χ2n) is 8.70. The molecule has 1 aromatic carbocycles. The summed E-state index contributed by atoms with van der Waals surface area (Å²) in [5.41, 5.74) is 0.798. The monoisotopic (exact) mass is 410 g/mol. The predicted molar refractivity (Wildman–Crippen MR) is 111 cm³/mol. The van der Waals surface area contributed by atoms with Crippen molar-refractivity contribution in [3.63, 3.8) is 0 Å². The van der Waals surface area contributed by atoms with Crippen molar-refractivity contribution in [2.75, 3.05) is 0 Å². The number of hydrogen-bond donors (Lipinski definition) is 2. The minimum absolute atomic E-state index is 0.0215. The second-order valence-corrected chi connectivity index (χ2v) is 8.70. The zero-order valence-corrected chi connectivity index (χ0v) is 17.5. The smallest absolute Gasteiger partial charge is 0.129 e. The van der Waals surface area contributed by atoms with Crippen LogP contribution >= 0.6 is 0 Å². The molecule has 1 aliphatic rings. The molecule has 0 saturated heterocycles. The average molecular weight is 411 g/mol. The Hall–Kier alpha value is -1.33. The molecular weight excluding hydrogens is 374 g/mol. The third kappa shape index (κ3) is 8.51. The molecule has 2 rings (SSSR count). The maximum Gasteiger partial charge on any atom is 0.129 e. The fraction of sp³-hybridized carbons (Fsp3) is 0.708. The first-order valence-electron chi connectivity index (χ1n) is 11.1. The van der Waals surface area contributed by atoms with Gasteiger partial charge < -0.3 is 15.0 Å². The highest BCUT2D eigenvalue weighted by molar-refractivity contribution is 5.75. The SMILES string of the molecule is CC(=O)CCCCCCC1C(O)CC(O)C1CCC(F)CCc1cccc(F)c1. The van der Waals surface area contributed by atoms with Gasteiger partial charge in [0.1, 0.15) is 17.8 Å². The number of carbonyl (C=O) groups excluding carboxylic acids is 1. The number of aliphatic hydroxyl groups excluding tert-OH is 2. The highest BCUT2D eigenvalue weighted by atomic mass is 19.1. The topological polar surface area (TPSA) is 57.5 Å². The molecule has 164 valence electrons. The molecule has 5 atom stereocenters. The quantitative estimate of drug-likeness (QED) is 0.442. The third-order valence-electron chi connectivity index (χ3n) is 6.29. The fourth-order valence-electron chi connectivity index (χ4n) is 4.62. The Morgan fingerprint density at radius 2 is 1.76 bits per heavy atom. The zero-order valence-electron chi connectivity index (χ0n) is 17.5. The molecule has 5 unspecified atom stereocenters. The van der Waals surface area contributed by atoms with Crippen LogP contribution in [0, 0.1) is 17.7 Å². The first kappa shape index (κ1) is 23.9. The molecule has 0 amide bonds. The van der Waals surface area contributed by atoms with Gasteiger partial charge in [0, 0.05) is 6.42 Å². The summed E-state index contributed by atoms with van der Waals surface area (Å²) in [5, 5.41) is 20.6. The van der Waals surface area contributed by atoms with E-state index in [1.165, 1.54) is 12.1 Å². The van der Waals surface area contributed by atoms with Crippen LogP contribution in [0.4, 0.5) is 8.78 Å². The Morgan fingerprint density at radius 3 is 2.45 bits per heavy atom. The summed E-state index contributed by atoms with van der Waals surface area (Å²) in [5.74, 6) is -0.120. The number of aryl methyl sites for hydroxylation is 1. The highest BCUT2D eigenvalue weighted by Crippen LogP contribution is 2.39. The summed E-state index contributed by atoms with van der Waals surface area (Å²) < 4.78 is 27.6. The van der Waals surface area contributed by atoms with E-state index < -0.39 is 18.4 Å². The standard InChI is InChI=1S/C24H36F2O3/c1-17(27)7-4-2-3-5-10-21-22(24(29)16-23(21)28)14-13-19(25)12-11-18-8-6-9-20(26)15-18/h6,8-9,15,19,21-24,28-29H,2-5,7,10-14,16H2,1H3. The van der Waals surface area contributed by atoms with Crippen LogP contribution in [0.1, 0.15) is 76.7 Å². The number of halogens is 2. The van der Waals surface area contributed by atoms with Crippen LogP contribution in [-0.4, -0.2) is 34.4 Å². The maximum absolute atomic E-state index is 14.4. The van der Waals surface area contributed by atoms with Crippen molar-refractivity contribution in [1.82, 2.24) is 0 Å². The van der Waals surface area contributed by atoms with Gasteiger partial charge >= 0.3 is 0 Å². The Balaban J connectivity index is 1.71. The zero-order chi connectivity index (χ0) is 21.2. The van der Waals surface area contributed by atoms with E-state index in [1.807, 2.05) is 0 Å². The lowest BCUT2D eigenvalue weighted by Crippen LogP contribution is -2.23. The Morgan fingerprint density at radius 1 is 1.07 bits per heavy atom. The van der Waals surface area contributed by atoms with E-state index in [1.54, 1.807) is 19.1 Å². The molecule has 0 aliphatic heterocycles. The van der Waals surface area contributed by atoms with E-state index in [0.717, 1.165) is 37.7 Å². The van der Waals surface area contributed by atoms with E-state index in [2.05, 4.69) is 0 Å². The first-order chi connectivity index (χ1) is 13.9. The van der Waals surface area contributed by atoms with Crippen molar-refractivity contribution in [3.05, 3.63) is 35.6 Å². The van der Waals surface area contributed by atoms with Crippen LogP contribution in [0.25, 0.3) is 0 Å². The van der Waals surface area contributed by atoms with E-state index in [4.69, 9.17) is 0 Å². The number of aliphatic hydroxyl groups is 2. The Bertz CT molecular complexity index is 622. The van der Waals surface area contributed by atoms with Crippen molar-refractivity contribution >= 4 is 5.78 Å². The molecule has 29 heavy (non-hydrogen) atoms. The molecule has 1 aliphatic carbocycles. The van der Waals surface area contributed by atoms with Crippen molar-refractivity contribution in [2.24, 2.45) is 11.8 Å². The number of hydrogen-bond acceptors (Lipinski definition) is 3. The maximum atomic E-state index is 14.4. The van der Waals surface area contributed by atoms with Gasteiger partial charge in [-0.1, -0.05) is 31.4 Å². The van der Waals surface area contributed by atoms with Crippen LogP contribution < -0.4 is 0 Å². The Kier molecular flexibility index (Phi) is 10.2. The van der Waals surface area contributed by atoms with Gasteiger partial charge in [-0.15, -0.1) is 0 Å². The summed E-state index contributed by atoms with van der Waals surface area (Å²) in [7, 11) is 0. The number of alkyl halides is 1. The summed E-state index contributed by atoms with van der Waals surface area (Å²) in [6, 6.07) is 6.27. The van der Waals surface area contributed by atoms with Gasteiger partial charge in [0.15, 0.2) is 0 Å². The minimum atomic E-state index is -0.990. The number of Topliss-reactive ketones (excluding diaryl/α,β-unsaturated/α-hetero) is 1. The van der Waals surface area contributed by atoms with Crippen molar-refractivity contribution in [1.29, 1.82) is 0 Å². The first-order valence-corrected chi connectivity index (χ1v) is 11.1. The minimum Gasteiger partial charge on any atom is -0.393 e. The van der Waals surface area contributed by atoms with Gasteiger partial charge in [-0.3, -0.25) is 0 Å². The molecule has 3 nitrogen and oxygen atoms in total. The van der Waals surface area contributed by atoms with E-state index >= 15 is 0 Å². The fourth-order valence-corrected chi connectivity index (χ4v) is 4.62. The normalized spacial score (nSPS) is 25.3. The lowest BCUT2D eigenvalue weighted by Gasteiger charge is -2.24. The van der Waals surface area contributed by atoms with Crippen LogP contribution in [-0.2, 0) is 11.2 Å². The van der Waals surface area contributed by atoms with Gasteiger partial charge in [0.25, 0.3) is 0 Å². The van der Waals surface area contributed by atoms with Crippen LogP contribution in [0.5, 0.6) is 0 Å². The largest absolute Gasteiger partial charge is 0.393 e. The molecule has 0 aromatic heterocycles. The molecule has 2 N–H and O–H groups in total. The number of unbranched alkanes of at least 4 members (excludes halogenated alkanes) is 3. The van der Waals surface area contributed by atoms with Crippen molar-refractivity contribution < 1.29 is 23.8 Å². The van der Waals surface area contributed by atoms with Gasteiger partial charge in [-0.25, -0.2) is 8.78 Å². The molecule has 0 heterocycles. The highest BCUT2D eigenvalue weighted by Gasteiger charge is 2.40. The van der Waals surface area contributed by atoms with Crippen LogP contribution in [0.2, 0.25) is 0 Å². The predicted octanol–water partition coefficient (Wildman–Crippen LogP) is 5.16. The third-order valence-corrected chi connectivity index (χ3v) is 6.29. The Labute approximate surface area is 173 Å². The van der Waals surface area contributed by atoms with Crippen LogP contribution in [0.15, 0.2) is 24.3 Å². The molecular formula is C24H36F2O3. The number of carbonyl (C=O) groups is 1. The van der Waals surface area contributed by atoms with E-state index in [9.17, 15) is 23.8 Å². The molecule has 0 radical (unpaired) electrons. The summed E-state index contributed by atoms with van der Waals surface area (Å²) in [6.45, 7) is 1.61. The summed E-state index contributed by atoms with van der Waals surface area (Å²) in [4.78, 5) is 11.0.